The molecule has 1 heterocycles. The highest BCUT2D eigenvalue weighted by Crippen LogP contribution is 2.31. The highest BCUT2D eigenvalue weighted by molar-refractivity contribution is 7.87. The van der Waals surface area contributed by atoms with E-state index in [9.17, 15) is 8.42 Å². The molecule has 0 fully saturated rings. The summed E-state index contributed by atoms with van der Waals surface area (Å²) in [5.41, 5.74) is 2.71. The van der Waals surface area contributed by atoms with Gasteiger partial charge in [0.2, 0.25) is 0 Å². The number of hydrogen-bond donors (Lipinski definition) is 0. The molecule has 28 heavy (non-hydrogen) atoms. The molecule has 1 aromatic heterocycles. The zero-order valence-corrected chi connectivity index (χ0v) is 16.5. The molecule has 0 spiro atoms. The molecule has 0 N–H and O–H groups in total. The van der Waals surface area contributed by atoms with Crippen LogP contribution in [0.25, 0.3) is 12.2 Å². The second kappa shape index (κ2) is 8.71. The summed E-state index contributed by atoms with van der Waals surface area (Å²) in [6.45, 7) is 2.01. The van der Waals surface area contributed by atoms with E-state index >= 15 is 0 Å². The SMILES string of the molecule is CCc1ccc(S(=O)(=O)Oc2ccc(/C=C/c3ccccn3)cc2OC)cc1. The third kappa shape index (κ3) is 4.78. The van der Waals surface area contributed by atoms with E-state index in [4.69, 9.17) is 8.92 Å². The molecule has 5 nitrogen and oxygen atoms in total. The van der Waals surface area contributed by atoms with Crippen molar-refractivity contribution in [2.45, 2.75) is 18.2 Å². The van der Waals surface area contributed by atoms with E-state index in [2.05, 4.69) is 4.98 Å². The van der Waals surface area contributed by atoms with E-state index in [1.807, 2.05) is 37.3 Å². The van der Waals surface area contributed by atoms with Crippen LogP contribution in [0.3, 0.4) is 0 Å². The lowest BCUT2D eigenvalue weighted by Crippen LogP contribution is -2.10. The highest BCUT2D eigenvalue weighted by Gasteiger charge is 2.19. The van der Waals surface area contributed by atoms with Crippen LogP contribution in [0.4, 0.5) is 0 Å². The number of pyridine rings is 1. The van der Waals surface area contributed by atoms with Crippen molar-refractivity contribution in [2.75, 3.05) is 7.11 Å². The van der Waals surface area contributed by atoms with E-state index in [0.717, 1.165) is 23.2 Å². The van der Waals surface area contributed by atoms with Crippen molar-refractivity contribution in [3.63, 3.8) is 0 Å². The topological polar surface area (TPSA) is 65.5 Å². The molecular formula is C22H21NO4S. The molecule has 0 radical (unpaired) electrons. The van der Waals surface area contributed by atoms with Crippen molar-refractivity contribution in [3.8, 4) is 11.5 Å². The Morgan fingerprint density at radius 3 is 2.39 bits per heavy atom. The molecule has 0 aliphatic carbocycles. The normalized spacial score (nSPS) is 11.5. The van der Waals surface area contributed by atoms with Gasteiger partial charge in [0.05, 0.1) is 12.8 Å². The van der Waals surface area contributed by atoms with Gasteiger partial charge in [0.25, 0.3) is 0 Å². The predicted molar refractivity (Wildman–Crippen MR) is 110 cm³/mol. The maximum atomic E-state index is 12.6. The van der Waals surface area contributed by atoms with Gasteiger partial charge in [-0.2, -0.15) is 8.42 Å². The summed E-state index contributed by atoms with van der Waals surface area (Å²) in [7, 11) is -2.48. The quantitative estimate of drug-likeness (QED) is 0.548. The Bertz CT molecular complexity index is 1060. The van der Waals surface area contributed by atoms with Crippen molar-refractivity contribution < 1.29 is 17.3 Å². The number of aryl methyl sites for hydroxylation is 1. The zero-order chi connectivity index (χ0) is 20.0. The minimum absolute atomic E-state index is 0.103. The predicted octanol–water partition coefficient (Wildman–Crippen LogP) is 4.59. The number of rotatable bonds is 7. The third-order valence-corrected chi connectivity index (χ3v) is 5.39. The summed E-state index contributed by atoms with van der Waals surface area (Å²) in [5, 5.41) is 0. The monoisotopic (exact) mass is 395 g/mol. The van der Waals surface area contributed by atoms with E-state index in [1.165, 1.54) is 7.11 Å². The number of hydrogen-bond acceptors (Lipinski definition) is 5. The van der Waals surface area contributed by atoms with Crippen molar-refractivity contribution in [3.05, 3.63) is 83.7 Å². The largest absolute Gasteiger partial charge is 0.493 e. The number of benzene rings is 2. The van der Waals surface area contributed by atoms with E-state index < -0.39 is 10.1 Å². The van der Waals surface area contributed by atoms with Crippen LogP contribution in [0.2, 0.25) is 0 Å². The van der Waals surface area contributed by atoms with Gasteiger partial charge >= 0.3 is 10.1 Å². The van der Waals surface area contributed by atoms with Gasteiger partial charge in [0, 0.05) is 6.20 Å². The molecule has 0 aliphatic heterocycles. The fourth-order valence-electron chi connectivity index (χ4n) is 2.57. The van der Waals surface area contributed by atoms with Crippen molar-refractivity contribution in [2.24, 2.45) is 0 Å². The van der Waals surface area contributed by atoms with Crippen molar-refractivity contribution in [1.82, 2.24) is 4.98 Å². The first-order valence-electron chi connectivity index (χ1n) is 8.82. The molecule has 0 saturated heterocycles. The maximum Gasteiger partial charge on any atom is 0.339 e. The van der Waals surface area contributed by atoms with Gasteiger partial charge in [-0.05, 0) is 60.0 Å². The van der Waals surface area contributed by atoms with Gasteiger partial charge in [-0.1, -0.05) is 37.3 Å². The minimum Gasteiger partial charge on any atom is -0.493 e. The number of ether oxygens (including phenoxy) is 1. The van der Waals surface area contributed by atoms with Gasteiger partial charge in [-0.3, -0.25) is 4.98 Å². The molecule has 6 heteroatoms. The fraction of sp³-hybridized carbons (Fsp3) is 0.136. The van der Waals surface area contributed by atoms with Crippen LogP contribution >= 0.6 is 0 Å². The Labute approximate surface area is 165 Å². The average Bonchev–Trinajstić information content (AvgIpc) is 2.73. The van der Waals surface area contributed by atoms with Crippen LogP contribution < -0.4 is 8.92 Å². The lowest BCUT2D eigenvalue weighted by atomic mass is 10.1. The summed E-state index contributed by atoms with van der Waals surface area (Å²) in [6.07, 6.45) is 6.28. The summed E-state index contributed by atoms with van der Waals surface area (Å²) in [4.78, 5) is 4.33. The van der Waals surface area contributed by atoms with Gasteiger partial charge in [-0.15, -0.1) is 0 Å². The Kier molecular flexibility index (Phi) is 6.11. The number of aromatic nitrogens is 1. The summed E-state index contributed by atoms with van der Waals surface area (Å²) < 4.78 is 35.8. The van der Waals surface area contributed by atoms with Gasteiger partial charge < -0.3 is 8.92 Å². The molecule has 3 rings (SSSR count). The van der Waals surface area contributed by atoms with Crippen LogP contribution in [-0.4, -0.2) is 20.5 Å². The highest BCUT2D eigenvalue weighted by atomic mass is 32.2. The summed E-state index contributed by atoms with van der Waals surface area (Å²) in [5.74, 6) is 0.467. The van der Waals surface area contributed by atoms with E-state index in [1.54, 1.807) is 48.7 Å². The van der Waals surface area contributed by atoms with E-state index in [-0.39, 0.29) is 10.6 Å². The Morgan fingerprint density at radius 2 is 1.75 bits per heavy atom. The van der Waals surface area contributed by atoms with Gasteiger partial charge in [0.15, 0.2) is 11.5 Å². The summed E-state index contributed by atoms with van der Waals surface area (Å²) in [6, 6.07) is 17.3. The Hall–Kier alpha value is -3.12. The first-order valence-corrected chi connectivity index (χ1v) is 10.2. The average molecular weight is 395 g/mol. The zero-order valence-electron chi connectivity index (χ0n) is 15.7. The van der Waals surface area contributed by atoms with Gasteiger partial charge in [0.1, 0.15) is 4.90 Å². The van der Waals surface area contributed by atoms with Crippen LogP contribution in [0, 0.1) is 0 Å². The van der Waals surface area contributed by atoms with E-state index in [0.29, 0.717) is 5.75 Å². The molecule has 0 aliphatic rings. The second-order valence-electron chi connectivity index (χ2n) is 6.03. The smallest absolute Gasteiger partial charge is 0.339 e. The molecule has 0 saturated carbocycles. The molecule has 0 amide bonds. The van der Waals surface area contributed by atoms with Crippen molar-refractivity contribution in [1.29, 1.82) is 0 Å². The Balaban J connectivity index is 1.82. The van der Waals surface area contributed by atoms with Crippen LogP contribution in [0.1, 0.15) is 23.7 Å². The molecule has 2 aromatic carbocycles. The molecular weight excluding hydrogens is 374 g/mol. The number of nitrogens with zero attached hydrogens (tertiary/aromatic N) is 1. The number of methoxy groups -OCH3 is 1. The maximum absolute atomic E-state index is 12.6. The first-order chi connectivity index (χ1) is 13.5. The fourth-order valence-corrected chi connectivity index (χ4v) is 3.51. The lowest BCUT2D eigenvalue weighted by molar-refractivity contribution is 0.390. The van der Waals surface area contributed by atoms with Crippen LogP contribution in [0.5, 0.6) is 11.5 Å². The minimum atomic E-state index is -3.95. The van der Waals surface area contributed by atoms with Crippen LogP contribution in [-0.2, 0) is 16.5 Å². The first kappa shape index (κ1) is 19.6. The van der Waals surface area contributed by atoms with Crippen molar-refractivity contribution >= 4 is 22.3 Å². The van der Waals surface area contributed by atoms with Gasteiger partial charge in [-0.25, -0.2) is 0 Å². The summed E-state index contributed by atoms with van der Waals surface area (Å²) >= 11 is 0. The standard InChI is InChI=1S/C22H21NO4S/c1-3-17-8-12-20(13-9-17)28(24,25)27-21-14-10-18(16-22(21)26-2)7-11-19-6-4-5-15-23-19/h4-16H,3H2,1-2H3/b11-7+. The lowest BCUT2D eigenvalue weighted by Gasteiger charge is -2.11. The molecule has 0 atom stereocenters. The van der Waals surface area contributed by atoms with Crippen LogP contribution in [0.15, 0.2) is 71.8 Å². The molecule has 144 valence electrons. The molecule has 0 unspecified atom stereocenters. The molecule has 0 bridgehead atoms. The third-order valence-electron chi connectivity index (χ3n) is 4.14. The second-order valence-corrected chi connectivity index (χ2v) is 7.58. The molecule has 3 aromatic rings. The Morgan fingerprint density at radius 1 is 0.964 bits per heavy atom.